The summed E-state index contributed by atoms with van der Waals surface area (Å²) < 4.78 is 34.3. The van der Waals surface area contributed by atoms with Crippen molar-refractivity contribution in [2.24, 2.45) is 5.10 Å². The van der Waals surface area contributed by atoms with Crippen LogP contribution in [-0.4, -0.2) is 33.1 Å². The molecule has 0 aliphatic heterocycles. The highest BCUT2D eigenvalue weighted by Gasteiger charge is 2.26. The van der Waals surface area contributed by atoms with Crippen molar-refractivity contribution < 1.29 is 22.7 Å². The van der Waals surface area contributed by atoms with Crippen LogP contribution in [0, 0.1) is 6.92 Å². The second-order valence-electron chi connectivity index (χ2n) is 10.6. The van der Waals surface area contributed by atoms with Gasteiger partial charge in [-0.15, -0.1) is 0 Å². The number of halogens is 2. The minimum absolute atomic E-state index is 0.0186. The molecule has 0 spiro atoms. The van der Waals surface area contributed by atoms with Gasteiger partial charge in [0.05, 0.1) is 23.3 Å². The van der Waals surface area contributed by atoms with Gasteiger partial charge in [-0.25, -0.2) is 13.8 Å². The minimum Gasteiger partial charge on any atom is -0.484 e. The Morgan fingerprint density at radius 2 is 1.54 bits per heavy atom. The van der Waals surface area contributed by atoms with Crippen molar-refractivity contribution in [1.82, 2.24) is 5.43 Å². The Morgan fingerprint density at radius 1 is 0.833 bits per heavy atom. The summed E-state index contributed by atoms with van der Waals surface area (Å²) in [6, 6.07) is 33.5. The molecule has 2 amide bonds. The van der Waals surface area contributed by atoms with Crippen molar-refractivity contribution in [3.8, 4) is 5.75 Å². The number of aryl methyl sites for hydroxylation is 1. The van der Waals surface area contributed by atoms with Gasteiger partial charge < -0.3 is 10.1 Å². The summed E-state index contributed by atoms with van der Waals surface area (Å²) in [4.78, 5) is 25.1. The van der Waals surface area contributed by atoms with Crippen molar-refractivity contribution >= 4 is 62.6 Å². The second kappa shape index (κ2) is 15.6. The molecule has 0 fully saturated rings. The lowest BCUT2D eigenvalue weighted by atomic mass is 10.1. The van der Waals surface area contributed by atoms with Crippen LogP contribution in [0.3, 0.4) is 0 Å². The summed E-state index contributed by atoms with van der Waals surface area (Å²) in [7, 11) is -3.93. The van der Waals surface area contributed by atoms with E-state index in [9.17, 15) is 18.0 Å². The van der Waals surface area contributed by atoms with Gasteiger partial charge in [-0.2, -0.15) is 5.10 Å². The third kappa shape index (κ3) is 9.01. The molecule has 5 aromatic rings. The van der Waals surface area contributed by atoms with Crippen molar-refractivity contribution in [2.45, 2.75) is 18.4 Å². The van der Waals surface area contributed by atoms with Crippen LogP contribution in [0.4, 0.5) is 11.4 Å². The van der Waals surface area contributed by atoms with Gasteiger partial charge in [-0.1, -0.05) is 65.7 Å². The molecule has 5 rings (SSSR count). The zero-order valence-electron chi connectivity index (χ0n) is 25.6. The largest absolute Gasteiger partial charge is 0.484 e. The number of sulfonamides is 1. The van der Waals surface area contributed by atoms with Crippen LogP contribution in [0.2, 0.25) is 10.0 Å². The first-order valence-electron chi connectivity index (χ1n) is 14.6. The Labute approximate surface area is 288 Å². The molecule has 0 saturated heterocycles. The first kappa shape index (κ1) is 34.2. The molecule has 12 heteroatoms. The van der Waals surface area contributed by atoms with Crippen LogP contribution in [-0.2, 0) is 21.4 Å². The third-order valence-corrected chi connectivity index (χ3v) is 9.30. The quantitative estimate of drug-likeness (QED) is 0.103. The van der Waals surface area contributed by atoms with Crippen molar-refractivity contribution in [3.63, 3.8) is 0 Å². The summed E-state index contributed by atoms with van der Waals surface area (Å²) in [5.41, 5.74) is 5.96. The highest BCUT2D eigenvalue weighted by atomic mass is 35.5. The molecular weight excluding hydrogens is 671 g/mol. The van der Waals surface area contributed by atoms with Crippen molar-refractivity contribution in [3.05, 3.63) is 154 Å². The van der Waals surface area contributed by atoms with E-state index in [0.29, 0.717) is 43.9 Å². The molecule has 0 aliphatic rings. The maximum Gasteiger partial charge on any atom is 0.271 e. The number of hydrogen-bond donors (Lipinski definition) is 2. The molecule has 0 aromatic heterocycles. The van der Waals surface area contributed by atoms with Gasteiger partial charge >= 0.3 is 0 Å². The Kier molecular flexibility index (Phi) is 11.1. The van der Waals surface area contributed by atoms with Gasteiger partial charge in [-0.05, 0) is 102 Å². The normalized spacial score (nSPS) is 11.2. The van der Waals surface area contributed by atoms with Gasteiger partial charge in [0.25, 0.3) is 21.8 Å². The predicted octanol–water partition coefficient (Wildman–Crippen LogP) is 7.48. The van der Waals surface area contributed by atoms with Crippen LogP contribution < -0.4 is 19.8 Å². The van der Waals surface area contributed by atoms with Crippen LogP contribution >= 0.6 is 23.2 Å². The summed E-state index contributed by atoms with van der Waals surface area (Å²) in [5.74, 6) is -0.287. The SMILES string of the molecule is Cc1ccc(Cl)cc1N(Cc1ccc(C(=O)N/N=C\c2ccc(OCC(=O)Nc3cccc(Cl)c3)cc2)cc1)S(=O)(=O)c1ccccc1. The van der Waals surface area contributed by atoms with Crippen LogP contribution in [0.1, 0.15) is 27.0 Å². The molecule has 0 saturated carbocycles. The van der Waals surface area contributed by atoms with E-state index in [2.05, 4.69) is 15.8 Å². The Hall–Kier alpha value is -5.16. The lowest BCUT2D eigenvalue weighted by molar-refractivity contribution is -0.118. The summed E-state index contributed by atoms with van der Waals surface area (Å²) in [6.07, 6.45) is 1.47. The molecule has 0 atom stereocenters. The number of carbonyl (C=O) groups is 2. The highest BCUT2D eigenvalue weighted by molar-refractivity contribution is 7.92. The zero-order valence-corrected chi connectivity index (χ0v) is 28.0. The molecule has 5 aromatic carbocycles. The number of carbonyl (C=O) groups excluding carboxylic acids is 2. The predicted molar refractivity (Wildman–Crippen MR) is 190 cm³/mol. The number of nitrogens with zero attached hydrogens (tertiary/aromatic N) is 2. The maximum atomic E-state index is 13.7. The van der Waals surface area contributed by atoms with E-state index in [1.54, 1.807) is 121 Å². The first-order chi connectivity index (χ1) is 23.1. The molecule has 244 valence electrons. The summed E-state index contributed by atoms with van der Waals surface area (Å²) in [5, 5.41) is 7.67. The fourth-order valence-corrected chi connectivity index (χ4v) is 6.48. The monoisotopic (exact) mass is 700 g/mol. The number of benzene rings is 5. The van der Waals surface area contributed by atoms with Crippen molar-refractivity contribution in [1.29, 1.82) is 0 Å². The van der Waals surface area contributed by atoms with Crippen LogP contribution in [0.25, 0.3) is 0 Å². The van der Waals surface area contributed by atoms with E-state index < -0.39 is 15.9 Å². The van der Waals surface area contributed by atoms with E-state index in [4.69, 9.17) is 27.9 Å². The number of rotatable bonds is 12. The lowest BCUT2D eigenvalue weighted by Crippen LogP contribution is -2.31. The molecular formula is C36H30Cl2N4O5S. The van der Waals surface area contributed by atoms with E-state index in [1.807, 2.05) is 6.92 Å². The van der Waals surface area contributed by atoms with E-state index in [0.717, 1.165) is 5.56 Å². The molecule has 9 nitrogen and oxygen atoms in total. The number of ether oxygens (including phenoxy) is 1. The van der Waals surface area contributed by atoms with Gasteiger partial charge in [0.15, 0.2) is 6.61 Å². The van der Waals surface area contributed by atoms with Crippen LogP contribution in [0.15, 0.2) is 131 Å². The molecule has 0 bridgehead atoms. The first-order valence-corrected chi connectivity index (χ1v) is 16.8. The molecule has 48 heavy (non-hydrogen) atoms. The number of hydrazone groups is 1. The third-order valence-electron chi connectivity index (χ3n) is 7.05. The maximum absolute atomic E-state index is 13.7. The number of amides is 2. The number of nitrogens with one attached hydrogen (secondary N) is 2. The van der Waals surface area contributed by atoms with Gasteiger partial charge in [0.1, 0.15) is 5.75 Å². The Balaban J connectivity index is 1.18. The van der Waals surface area contributed by atoms with E-state index in [-0.39, 0.29) is 24.0 Å². The van der Waals surface area contributed by atoms with Crippen molar-refractivity contribution in [2.75, 3.05) is 16.2 Å². The number of anilines is 2. The second-order valence-corrected chi connectivity index (χ2v) is 13.3. The molecule has 0 radical (unpaired) electrons. The molecule has 0 heterocycles. The average Bonchev–Trinajstić information content (AvgIpc) is 3.08. The van der Waals surface area contributed by atoms with E-state index in [1.165, 1.54) is 10.5 Å². The fraction of sp³-hybridized carbons (Fsp3) is 0.0833. The average molecular weight is 702 g/mol. The van der Waals surface area contributed by atoms with Crippen LogP contribution in [0.5, 0.6) is 5.75 Å². The molecule has 2 N–H and O–H groups in total. The Bertz CT molecular complexity index is 2040. The standard InChI is InChI=1S/C36H30Cl2N4O5S/c1-25-10-17-30(38)21-34(25)42(48(45,46)33-8-3-2-4-9-33)23-27-11-15-28(16-12-27)36(44)41-39-22-26-13-18-32(19-14-26)47-24-35(43)40-31-7-5-6-29(37)20-31/h2-22H,23-24H2,1H3,(H,40,43)(H,41,44)/b39-22-. The van der Waals surface area contributed by atoms with E-state index >= 15 is 0 Å². The van der Waals surface area contributed by atoms with Gasteiger partial charge in [0.2, 0.25) is 0 Å². The molecule has 0 unspecified atom stereocenters. The van der Waals surface area contributed by atoms with Gasteiger partial charge in [0, 0.05) is 21.3 Å². The summed E-state index contributed by atoms with van der Waals surface area (Å²) in [6.45, 7) is 1.65. The fourth-order valence-electron chi connectivity index (χ4n) is 4.59. The topological polar surface area (TPSA) is 117 Å². The smallest absolute Gasteiger partial charge is 0.271 e. The highest BCUT2D eigenvalue weighted by Crippen LogP contribution is 2.31. The zero-order chi connectivity index (χ0) is 34.1. The summed E-state index contributed by atoms with van der Waals surface area (Å²) >= 11 is 12.2. The van der Waals surface area contributed by atoms with Gasteiger partial charge in [-0.3, -0.25) is 13.9 Å². The number of hydrogen-bond acceptors (Lipinski definition) is 6. The Morgan fingerprint density at radius 3 is 2.25 bits per heavy atom. The minimum atomic E-state index is -3.93. The lowest BCUT2D eigenvalue weighted by Gasteiger charge is -2.26. The molecule has 0 aliphatic carbocycles.